The lowest BCUT2D eigenvalue weighted by atomic mass is 10.2. The number of aliphatic carboxylic acids is 3. The Kier molecular flexibility index (Phi) is 22.1. The van der Waals surface area contributed by atoms with Gasteiger partial charge in [0.2, 0.25) is 37.0 Å². The molecule has 1 aliphatic rings. The molecule has 0 aromatic carbocycles. The molecule has 0 aromatic heterocycles. The molecular weight excluding hydrogens is 696 g/mol. The fraction of sp³-hybridized carbons (Fsp3) is 0.538. The molecule has 1 fully saturated rings. The van der Waals surface area contributed by atoms with E-state index in [1.165, 1.54) is 0 Å². The minimum Gasteiger partial charge on any atom is -0.481 e. The van der Waals surface area contributed by atoms with Gasteiger partial charge in [-0.1, -0.05) is 0 Å². The number of carbonyl (C=O) groups is 12. The summed E-state index contributed by atoms with van der Waals surface area (Å²) in [6, 6.07) is 0. The van der Waals surface area contributed by atoms with Crippen LogP contribution in [-0.4, -0.2) is 130 Å². The van der Waals surface area contributed by atoms with Crippen LogP contribution >= 0.6 is 0 Å². The van der Waals surface area contributed by atoms with Gasteiger partial charge in [0.25, 0.3) is 12.9 Å². The SMILES string of the molecule is CC(=O)OC(C(=O)O)C(OC(C)=O)C(=O)OC(CCC(=O)O)OC=O.CC(=O)OC1C(=O)OC(=O)C1OC(C)=O.O=COC(O)CCC(=O)O. The number of esters is 7. The second kappa shape index (κ2) is 24.0. The van der Waals surface area contributed by atoms with E-state index in [2.05, 4.69) is 37.9 Å². The number of rotatable bonds is 18. The second-order valence-electron chi connectivity index (χ2n) is 8.85. The van der Waals surface area contributed by atoms with Crippen molar-refractivity contribution in [3.8, 4) is 0 Å². The van der Waals surface area contributed by atoms with Gasteiger partial charge in [-0.2, -0.15) is 0 Å². The van der Waals surface area contributed by atoms with E-state index < -0.39 is 110 Å². The lowest BCUT2D eigenvalue weighted by molar-refractivity contribution is -0.204. The van der Waals surface area contributed by atoms with Crippen molar-refractivity contribution in [3.05, 3.63) is 0 Å². The zero-order valence-electron chi connectivity index (χ0n) is 26.4. The van der Waals surface area contributed by atoms with E-state index in [-0.39, 0.29) is 25.8 Å². The molecule has 1 rings (SSSR count). The first-order chi connectivity index (χ1) is 23.2. The molecule has 0 aliphatic carbocycles. The van der Waals surface area contributed by atoms with Crippen molar-refractivity contribution >= 4 is 72.6 Å². The third kappa shape index (κ3) is 20.8. The highest BCUT2D eigenvalue weighted by Gasteiger charge is 2.49. The zero-order valence-corrected chi connectivity index (χ0v) is 26.4. The molecule has 0 saturated carbocycles. The summed E-state index contributed by atoms with van der Waals surface area (Å²) in [6.07, 6.45) is -11.7. The standard InChI is InChI=1S/C13H16O12.C8H8O7.C5H8O5/c1-6(15)23-10(12(19)20)11(24-7(2)16)13(21)25-9(22-5-14)4-3-8(17)18;1-3(9)13-5-6(14-4(2)10)8(12)15-7(5)11;6-3-10-5(9)2-1-4(7)8/h5,9-11H,3-4H2,1-2H3,(H,17,18)(H,19,20);5-6H,1-2H3;3,5,9H,1-2H2,(H,7,8). The van der Waals surface area contributed by atoms with E-state index in [0.717, 1.165) is 27.7 Å². The predicted molar refractivity (Wildman–Crippen MR) is 145 cm³/mol. The van der Waals surface area contributed by atoms with Gasteiger partial charge >= 0.3 is 59.7 Å². The molecule has 6 unspecified atom stereocenters. The van der Waals surface area contributed by atoms with Crippen LogP contribution in [0, 0.1) is 0 Å². The highest BCUT2D eigenvalue weighted by Crippen LogP contribution is 2.17. The number of carboxylic acids is 3. The van der Waals surface area contributed by atoms with Crippen LogP contribution in [0.25, 0.3) is 0 Å². The molecule has 6 atom stereocenters. The van der Waals surface area contributed by atoms with Crippen molar-refractivity contribution in [1.29, 1.82) is 0 Å². The molecule has 0 amide bonds. The van der Waals surface area contributed by atoms with E-state index in [1.54, 1.807) is 0 Å². The Hall–Kier alpha value is -6.20. The third-order valence-electron chi connectivity index (χ3n) is 4.73. The summed E-state index contributed by atoms with van der Waals surface area (Å²) < 4.78 is 35.1. The third-order valence-corrected chi connectivity index (χ3v) is 4.73. The van der Waals surface area contributed by atoms with Gasteiger partial charge in [-0.25, -0.2) is 19.2 Å². The number of hydrogen-bond donors (Lipinski definition) is 4. The highest BCUT2D eigenvalue weighted by molar-refractivity contribution is 6.01. The molecule has 1 saturated heterocycles. The molecule has 1 heterocycles. The normalized spacial score (nSPS) is 16.6. The van der Waals surface area contributed by atoms with Crippen molar-refractivity contribution < 1.29 is 116 Å². The minimum atomic E-state index is -2.22. The molecule has 50 heavy (non-hydrogen) atoms. The van der Waals surface area contributed by atoms with Gasteiger partial charge in [-0.05, 0) is 0 Å². The maximum Gasteiger partial charge on any atom is 0.359 e. The van der Waals surface area contributed by atoms with Gasteiger partial charge in [0.15, 0.2) is 0 Å². The fourth-order valence-corrected chi connectivity index (χ4v) is 2.91. The number of aliphatic hydroxyl groups is 1. The van der Waals surface area contributed by atoms with Crippen LogP contribution in [0.4, 0.5) is 0 Å². The van der Waals surface area contributed by atoms with Crippen LogP contribution in [0.3, 0.4) is 0 Å². The van der Waals surface area contributed by atoms with Crippen LogP contribution in [0.2, 0.25) is 0 Å². The fourth-order valence-electron chi connectivity index (χ4n) is 2.91. The maximum atomic E-state index is 12.0. The Labute approximate surface area is 279 Å². The molecule has 0 bridgehead atoms. The average Bonchev–Trinajstić information content (AvgIpc) is 3.23. The molecule has 24 heteroatoms. The second-order valence-corrected chi connectivity index (χ2v) is 8.85. The molecule has 0 spiro atoms. The number of carbonyl (C=O) groups excluding carboxylic acids is 9. The van der Waals surface area contributed by atoms with Gasteiger partial charge in [0.05, 0.1) is 12.8 Å². The number of ether oxygens (including phenoxy) is 8. The summed E-state index contributed by atoms with van der Waals surface area (Å²) in [5.41, 5.74) is 0. The average molecular weight is 729 g/mol. The largest absolute Gasteiger partial charge is 0.481 e. The van der Waals surface area contributed by atoms with Gasteiger partial charge < -0.3 is 58.3 Å². The minimum absolute atomic E-state index is 0.0753. The Balaban J connectivity index is 0. The first-order valence-electron chi connectivity index (χ1n) is 13.3. The Bertz CT molecular complexity index is 1240. The smallest absolute Gasteiger partial charge is 0.359 e. The summed E-state index contributed by atoms with van der Waals surface area (Å²) in [6.45, 7) is 3.78. The Morgan fingerprint density at radius 1 is 0.660 bits per heavy atom. The monoisotopic (exact) mass is 728 g/mol. The Morgan fingerprint density at radius 2 is 1.08 bits per heavy atom. The van der Waals surface area contributed by atoms with Gasteiger partial charge in [0.1, 0.15) is 0 Å². The van der Waals surface area contributed by atoms with Crippen LogP contribution in [-0.2, 0) is 95.4 Å². The van der Waals surface area contributed by atoms with Crippen molar-refractivity contribution in [2.24, 2.45) is 0 Å². The highest BCUT2D eigenvalue weighted by atomic mass is 16.7. The molecular formula is C26H32O24. The van der Waals surface area contributed by atoms with E-state index in [4.69, 9.17) is 20.4 Å². The number of hydrogen-bond acceptors (Lipinski definition) is 21. The van der Waals surface area contributed by atoms with E-state index in [0.29, 0.717) is 0 Å². The van der Waals surface area contributed by atoms with Crippen LogP contribution in [0.1, 0.15) is 53.4 Å². The summed E-state index contributed by atoms with van der Waals surface area (Å²) >= 11 is 0. The topological polar surface area (TPSA) is 360 Å². The molecule has 4 N–H and O–H groups in total. The summed E-state index contributed by atoms with van der Waals surface area (Å²) in [5, 5.41) is 34.2. The molecule has 0 radical (unpaired) electrons. The first kappa shape index (κ1) is 45.9. The lowest BCUT2D eigenvalue weighted by Crippen LogP contribution is -2.47. The van der Waals surface area contributed by atoms with Crippen LogP contribution < -0.4 is 0 Å². The quantitative estimate of drug-likeness (QED) is 0.0362. The predicted octanol–water partition coefficient (Wildman–Crippen LogP) is -2.88. The van der Waals surface area contributed by atoms with Crippen LogP contribution in [0.5, 0.6) is 0 Å². The van der Waals surface area contributed by atoms with Gasteiger partial charge in [-0.15, -0.1) is 0 Å². The summed E-state index contributed by atoms with van der Waals surface area (Å²) in [4.78, 5) is 129. The number of carboxylic acid groups (broad SMARTS) is 3. The molecule has 24 nitrogen and oxygen atoms in total. The van der Waals surface area contributed by atoms with Crippen molar-refractivity contribution in [3.63, 3.8) is 0 Å². The summed E-state index contributed by atoms with van der Waals surface area (Å²) in [5.74, 6) is -11.4. The van der Waals surface area contributed by atoms with Crippen molar-refractivity contribution in [2.45, 2.75) is 90.4 Å². The maximum absolute atomic E-state index is 12.0. The number of aliphatic hydroxyl groups excluding tert-OH is 1. The van der Waals surface area contributed by atoms with Gasteiger partial charge in [-0.3, -0.25) is 38.4 Å². The first-order valence-corrected chi connectivity index (χ1v) is 13.3. The molecule has 0 aromatic rings. The van der Waals surface area contributed by atoms with E-state index >= 15 is 0 Å². The van der Waals surface area contributed by atoms with Gasteiger partial charge in [0, 0.05) is 40.5 Å². The summed E-state index contributed by atoms with van der Waals surface area (Å²) in [7, 11) is 0. The lowest BCUT2D eigenvalue weighted by Gasteiger charge is -2.23. The van der Waals surface area contributed by atoms with E-state index in [1.807, 2.05) is 0 Å². The zero-order chi connectivity index (χ0) is 39.1. The van der Waals surface area contributed by atoms with E-state index in [9.17, 15) is 57.5 Å². The van der Waals surface area contributed by atoms with Crippen molar-refractivity contribution in [2.75, 3.05) is 0 Å². The van der Waals surface area contributed by atoms with Crippen LogP contribution in [0.15, 0.2) is 0 Å². The Morgan fingerprint density at radius 3 is 1.44 bits per heavy atom. The number of cyclic esters (lactones) is 2. The molecule has 280 valence electrons. The molecule has 1 aliphatic heterocycles. The van der Waals surface area contributed by atoms with Crippen molar-refractivity contribution in [1.82, 2.24) is 0 Å².